The Hall–Kier alpha value is -2.56. The molecule has 0 aromatic heterocycles. The molecule has 20 heavy (non-hydrogen) atoms. The summed E-state index contributed by atoms with van der Waals surface area (Å²) in [6.07, 6.45) is 0. The van der Waals surface area contributed by atoms with Crippen LogP contribution in [0.5, 0.6) is 0 Å². The maximum Gasteiger partial charge on any atom is 0.269 e. The second-order valence-corrected chi connectivity index (χ2v) is 4.95. The molecular weight excluding hydrogens is 254 g/mol. The van der Waals surface area contributed by atoms with Crippen molar-refractivity contribution < 1.29 is 4.92 Å². The molecule has 0 radical (unpaired) electrons. The van der Waals surface area contributed by atoms with Crippen molar-refractivity contribution in [1.29, 1.82) is 0 Å². The van der Waals surface area contributed by atoms with E-state index in [4.69, 9.17) is 0 Å². The van der Waals surface area contributed by atoms with Gasteiger partial charge in [-0.25, -0.2) is 0 Å². The molecule has 102 valence electrons. The van der Waals surface area contributed by atoms with Crippen LogP contribution in [0.2, 0.25) is 0 Å². The molecule has 1 heterocycles. The van der Waals surface area contributed by atoms with Crippen LogP contribution in [0.1, 0.15) is 5.56 Å². The summed E-state index contributed by atoms with van der Waals surface area (Å²) in [7, 11) is 2.06. The second kappa shape index (κ2) is 4.85. The number of nitrogens with zero attached hydrogens (tertiary/aromatic N) is 3. The molecule has 5 nitrogen and oxygen atoms in total. The largest absolute Gasteiger partial charge is 0.355 e. The third-order valence-electron chi connectivity index (χ3n) is 3.54. The van der Waals surface area contributed by atoms with Crippen LogP contribution in [0, 0.1) is 10.1 Å². The number of hydrogen-bond acceptors (Lipinski definition) is 4. The Bertz CT molecular complexity index is 640. The first-order valence-electron chi connectivity index (χ1n) is 6.43. The maximum absolute atomic E-state index is 10.7. The minimum absolute atomic E-state index is 0.132. The Morgan fingerprint density at radius 3 is 2.40 bits per heavy atom. The first-order chi connectivity index (χ1) is 9.65. The van der Waals surface area contributed by atoms with E-state index >= 15 is 0 Å². The monoisotopic (exact) mass is 269 g/mol. The lowest BCUT2D eigenvalue weighted by Crippen LogP contribution is -2.27. The molecule has 2 aromatic carbocycles. The first-order valence-corrected chi connectivity index (χ1v) is 6.43. The third kappa shape index (κ3) is 2.18. The molecular formula is C15H15N3O2. The quantitative estimate of drug-likeness (QED) is 0.635. The van der Waals surface area contributed by atoms with Crippen LogP contribution in [0.3, 0.4) is 0 Å². The average molecular weight is 269 g/mol. The van der Waals surface area contributed by atoms with E-state index in [0.29, 0.717) is 0 Å². The number of nitro groups is 1. The van der Waals surface area contributed by atoms with Gasteiger partial charge in [-0.2, -0.15) is 0 Å². The number of nitro benzene ring substituents is 1. The maximum atomic E-state index is 10.7. The Morgan fingerprint density at radius 2 is 1.75 bits per heavy atom. The van der Waals surface area contributed by atoms with Crippen LogP contribution in [-0.4, -0.2) is 18.6 Å². The van der Waals surface area contributed by atoms with Gasteiger partial charge in [0.05, 0.1) is 23.0 Å². The SMILES string of the molecule is CN1CN(Cc2ccc([N+](=O)[O-])cc2)c2ccccc21. The van der Waals surface area contributed by atoms with Gasteiger partial charge in [0.2, 0.25) is 0 Å². The van der Waals surface area contributed by atoms with Crippen molar-refractivity contribution >= 4 is 17.1 Å². The van der Waals surface area contributed by atoms with Gasteiger partial charge in [-0.15, -0.1) is 0 Å². The van der Waals surface area contributed by atoms with E-state index in [1.54, 1.807) is 12.1 Å². The third-order valence-corrected chi connectivity index (χ3v) is 3.54. The van der Waals surface area contributed by atoms with E-state index < -0.39 is 0 Å². The van der Waals surface area contributed by atoms with Crippen molar-refractivity contribution in [1.82, 2.24) is 0 Å². The highest BCUT2D eigenvalue weighted by Gasteiger charge is 2.22. The molecule has 1 aliphatic rings. The highest BCUT2D eigenvalue weighted by Crippen LogP contribution is 2.35. The second-order valence-electron chi connectivity index (χ2n) is 4.95. The Labute approximate surface area is 117 Å². The van der Waals surface area contributed by atoms with E-state index in [1.165, 1.54) is 11.4 Å². The van der Waals surface area contributed by atoms with Gasteiger partial charge in [-0.3, -0.25) is 10.1 Å². The summed E-state index contributed by atoms with van der Waals surface area (Å²) < 4.78 is 0. The van der Waals surface area contributed by atoms with Gasteiger partial charge in [-0.1, -0.05) is 24.3 Å². The summed E-state index contributed by atoms with van der Waals surface area (Å²) >= 11 is 0. The number of non-ortho nitro benzene ring substituents is 1. The number of rotatable bonds is 3. The fraction of sp³-hybridized carbons (Fsp3) is 0.200. The average Bonchev–Trinajstić information content (AvgIpc) is 2.77. The van der Waals surface area contributed by atoms with Crippen LogP contribution in [0.4, 0.5) is 17.1 Å². The fourth-order valence-electron chi connectivity index (χ4n) is 2.54. The fourth-order valence-corrected chi connectivity index (χ4v) is 2.54. The number of benzene rings is 2. The highest BCUT2D eigenvalue weighted by atomic mass is 16.6. The van der Waals surface area contributed by atoms with E-state index in [1.807, 2.05) is 24.3 Å². The Balaban J connectivity index is 1.81. The zero-order valence-corrected chi connectivity index (χ0v) is 11.2. The standard InChI is InChI=1S/C15H15N3O2/c1-16-11-17(15-5-3-2-4-14(15)16)10-12-6-8-13(9-7-12)18(19)20/h2-9H,10-11H2,1H3. The topological polar surface area (TPSA) is 49.6 Å². The van der Waals surface area contributed by atoms with Gasteiger partial charge in [0.15, 0.2) is 0 Å². The Morgan fingerprint density at radius 1 is 1.10 bits per heavy atom. The van der Waals surface area contributed by atoms with Gasteiger partial charge in [0.1, 0.15) is 0 Å². The lowest BCUT2D eigenvalue weighted by atomic mass is 10.2. The first kappa shape index (κ1) is 12.5. The molecule has 0 fully saturated rings. The van der Waals surface area contributed by atoms with Crippen LogP contribution in [0.25, 0.3) is 0 Å². The zero-order chi connectivity index (χ0) is 14.1. The molecule has 0 aliphatic carbocycles. The molecule has 0 N–H and O–H groups in total. The normalized spacial score (nSPS) is 13.4. The lowest BCUT2D eigenvalue weighted by Gasteiger charge is -2.19. The molecule has 0 bridgehead atoms. The number of fused-ring (bicyclic) bond motifs is 1. The van der Waals surface area contributed by atoms with Crippen molar-refractivity contribution in [3.05, 3.63) is 64.2 Å². The zero-order valence-electron chi connectivity index (χ0n) is 11.2. The van der Waals surface area contributed by atoms with E-state index in [2.05, 4.69) is 29.0 Å². The van der Waals surface area contributed by atoms with Crippen molar-refractivity contribution in [3.8, 4) is 0 Å². The van der Waals surface area contributed by atoms with E-state index in [0.717, 1.165) is 18.8 Å². The van der Waals surface area contributed by atoms with E-state index in [-0.39, 0.29) is 10.6 Å². The number of anilines is 2. The predicted molar refractivity (Wildman–Crippen MR) is 79.0 cm³/mol. The summed E-state index contributed by atoms with van der Waals surface area (Å²) in [6, 6.07) is 15.0. The lowest BCUT2D eigenvalue weighted by molar-refractivity contribution is -0.384. The molecule has 1 aliphatic heterocycles. The van der Waals surface area contributed by atoms with Crippen LogP contribution in [-0.2, 0) is 6.54 Å². The highest BCUT2D eigenvalue weighted by molar-refractivity contribution is 5.75. The van der Waals surface area contributed by atoms with Gasteiger partial charge in [-0.05, 0) is 17.7 Å². The molecule has 0 unspecified atom stereocenters. The summed E-state index contributed by atoms with van der Waals surface area (Å²) in [6.45, 7) is 1.58. The van der Waals surface area contributed by atoms with Crippen LogP contribution < -0.4 is 9.80 Å². The summed E-state index contributed by atoms with van der Waals surface area (Å²) in [5, 5.41) is 10.7. The van der Waals surface area contributed by atoms with E-state index in [9.17, 15) is 10.1 Å². The summed E-state index contributed by atoms with van der Waals surface area (Å²) in [5.74, 6) is 0. The molecule has 0 spiro atoms. The van der Waals surface area contributed by atoms with Gasteiger partial charge < -0.3 is 9.80 Å². The molecule has 0 atom stereocenters. The van der Waals surface area contributed by atoms with Crippen molar-refractivity contribution in [2.24, 2.45) is 0 Å². The minimum atomic E-state index is -0.372. The summed E-state index contributed by atoms with van der Waals surface area (Å²) in [4.78, 5) is 14.7. The molecule has 2 aromatic rings. The van der Waals surface area contributed by atoms with Crippen LogP contribution in [0.15, 0.2) is 48.5 Å². The van der Waals surface area contributed by atoms with Crippen molar-refractivity contribution in [3.63, 3.8) is 0 Å². The van der Waals surface area contributed by atoms with Crippen molar-refractivity contribution in [2.75, 3.05) is 23.5 Å². The Kier molecular flexibility index (Phi) is 3.02. The molecule has 0 saturated carbocycles. The molecule has 3 rings (SSSR count). The molecule has 0 saturated heterocycles. The summed E-state index contributed by atoms with van der Waals surface area (Å²) in [5.41, 5.74) is 3.62. The van der Waals surface area contributed by atoms with Crippen LogP contribution >= 0.6 is 0 Å². The van der Waals surface area contributed by atoms with Gasteiger partial charge in [0.25, 0.3) is 5.69 Å². The smallest absolute Gasteiger partial charge is 0.269 e. The van der Waals surface area contributed by atoms with Gasteiger partial charge in [0, 0.05) is 25.7 Å². The number of para-hydroxylation sites is 2. The predicted octanol–water partition coefficient (Wildman–Crippen LogP) is 3.01. The molecule has 5 heteroatoms. The number of hydrogen-bond donors (Lipinski definition) is 0. The molecule has 0 amide bonds. The van der Waals surface area contributed by atoms with Gasteiger partial charge >= 0.3 is 0 Å². The minimum Gasteiger partial charge on any atom is -0.355 e. The van der Waals surface area contributed by atoms with Crippen molar-refractivity contribution in [2.45, 2.75) is 6.54 Å².